The highest BCUT2D eigenvalue weighted by atomic mass is 19.1. The molecule has 0 fully saturated rings. The van der Waals surface area contributed by atoms with Crippen LogP contribution in [0.1, 0.15) is 10.4 Å². The Bertz CT molecular complexity index is 357. The van der Waals surface area contributed by atoms with Gasteiger partial charge in [0.05, 0.1) is 0 Å². The first-order valence-electron chi connectivity index (χ1n) is 4.00. The average Bonchev–Trinajstić information content (AvgIpc) is 2.21. The molecule has 0 heterocycles. The van der Waals surface area contributed by atoms with E-state index >= 15 is 0 Å². The summed E-state index contributed by atoms with van der Waals surface area (Å²) >= 11 is 0. The number of rotatable bonds is 5. The normalized spacial score (nSPS) is 9.73. The fourth-order valence-electron chi connectivity index (χ4n) is 1.01. The second kappa shape index (κ2) is 5.14. The molecule has 0 bridgehead atoms. The number of alkyl halides is 2. The van der Waals surface area contributed by atoms with Crippen molar-refractivity contribution < 1.29 is 23.0 Å². The Hall–Kier alpha value is -1.85. The Kier molecular flexibility index (Phi) is 3.84. The van der Waals surface area contributed by atoms with Crippen LogP contribution >= 0.6 is 0 Å². The lowest BCUT2D eigenvalue weighted by molar-refractivity contribution is 0.0999. The van der Waals surface area contributed by atoms with E-state index in [9.17, 15) is 13.6 Å². The minimum atomic E-state index is -1.11. The van der Waals surface area contributed by atoms with E-state index in [0.29, 0.717) is 0 Å². The molecule has 1 amide bonds. The lowest BCUT2D eigenvalue weighted by Crippen LogP contribution is -2.11. The molecule has 1 aromatic carbocycles. The summed E-state index contributed by atoms with van der Waals surface area (Å²) in [4.78, 5) is 10.8. The predicted octanol–water partition coefficient (Wildman–Crippen LogP) is 1.40. The zero-order valence-electron chi connectivity index (χ0n) is 7.70. The first-order chi connectivity index (χ1) is 7.19. The molecule has 1 aromatic rings. The van der Waals surface area contributed by atoms with Crippen molar-refractivity contribution >= 4 is 5.91 Å². The number of carbonyl (C=O) groups is 1. The van der Waals surface area contributed by atoms with Gasteiger partial charge in [0, 0.05) is 5.56 Å². The largest absolute Gasteiger partial charge is 0.459 e. The van der Waals surface area contributed by atoms with Crippen molar-refractivity contribution in [2.45, 2.75) is 0 Å². The molecule has 1 rings (SSSR count). The minimum Gasteiger partial charge on any atom is -0.459 e. The van der Waals surface area contributed by atoms with Crippen LogP contribution in [0.25, 0.3) is 0 Å². The van der Waals surface area contributed by atoms with Gasteiger partial charge in [-0.15, -0.1) is 0 Å². The number of primary amides is 1. The smallest absolute Gasteiger partial charge is 0.248 e. The standard InChI is InChI=1S/C9H9F2NO3/c10-4-14-7-2-1-6(9(12)13)3-8(7)15-5-11/h1-3H,4-5H2,(H2,12,13). The number of carbonyl (C=O) groups excluding carboxylic acids is 1. The second-order valence-corrected chi connectivity index (χ2v) is 2.53. The maximum Gasteiger partial charge on any atom is 0.248 e. The lowest BCUT2D eigenvalue weighted by atomic mass is 10.2. The van der Waals surface area contributed by atoms with Gasteiger partial charge in [0.15, 0.2) is 11.5 Å². The Morgan fingerprint density at radius 1 is 1.20 bits per heavy atom. The number of halogens is 2. The zero-order valence-corrected chi connectivity index (χ0v) is 7.70. The molecule has 2 N–H and O–H groups in total. The van der Waals surface area contributed by atoms with Crippen molar-refractivity contribution in [3.05, 3.63) is 23.8 Å². The van der Waals surface area contributed by atoms with Crippen molar-refractivity contribution in [1.82, 2.24) is 0 Å². The molecule has 15 heavy (non-hydrogen) atoms. The summed E-state index contributed by atoms with van der Waals surface area (Å²) in [5.41, 5.74) is 5.13. The van der Waals surface area contributed by atoms with Crippen LogP contribution < -0.4 is 15.2 Å². The fourth-order valence-corrected chi connectivity index (χ4v) is 1.01. The van der Waals surface area contributed by atoms with Gasteiger partial charge in [0.25, 0.3) is 0 Å². The molecule has 6 heteroatoms. The lowest BCUT2D eigenvalue weighted by Gasteiger charge is -2.09. The first kappa shape index (κ1) is 11.2. The summed E-state index contributed by atoms with van der Waals surface area (Å²) in [6.45, 7) is -2.18. The van der Waals surface area contributed by atoms with Crippen molar-refractivity contribution in [3.8, 4) is 11.5 Å². The molecule has 0 aliphatic carbocycles. The molecule has 0 aliphatic rings. The topological polar surface area (TPSA) is 61.6 Å². The van der Waals surface area contributed by atoms with Gasteiger partial charge < -0.3 is 15.2 Å². The van der Waals surface area contributed by atoms with Gasteiger partial charge in [-0.2, -0.15) is 0 Å². The van der Waals surface area contributed by atoms with Crippen LogP contribution in [0.4, 0.5) is 8.78 Å². The van der Waals surface area contributed by atoms with Gasteiger partial charge in [-0.05, 0) is 18.2 Å². The number of benzene rings is 1. The van der Waals surface area contributed by atoms with Crippen LogP contribution in [-0.4, -0.2) is 19.6 Å². The number of amides is 1. The summed E-state index contributed by atoms with van der Waals surface area (Å²) in [5, 5.41) is 0. The Balaban J connectivity index is 3.02. The van der Waals surface area contributed by atoms with Gasteiger partial charge in [0.1, 0.15) is 0 Å². The number of ether oxygens (including phenoxy) is 2. The van der Waals surface area contributed by atoms with E-state index in [0.717, 1.165) is 0 Å². The van der Waals surface area contributed by atoms with Gasteiger partial charge in [0.2, 0.25) is 19.6 Å². The zero-order chi connectivity index (χ0) is 11.3. The maximum atomic E-state index is 11.9. The minimum absolute atomic E-state index is 0.0140. The SMILES string of the molecule is NC(=O)c1ccc(OCF)c(OCF)c1. The molecular formula is C9H9F2NO3. The van der Waals surface area contributed by atoms with Gasteiger partial charge >= 0.3 is 0 Å². The third kappa shape index (κ3) is 2.80. The maximum absolute atomic E-state index is 11.9. The van der Waals surface area contributed by atoms with E-state index in [4.69, 9.17) is 5.73 Å². The molecule has 82 valence electrons. The Morgan fingerprint density at radius 3 is 2.33 bits per heavy atom. The number of nitrogens with two attached hydrogens (primary N) is 1. The summed E-state index contributed by atoms with van der Waals surface area (Å²) in [7, 11) is 0. The summed E-state index contributed by atoms with van der Waals surface area (Å²) in [6, 6.07) is 3.80. The Labute approximate surface area is 84.6 Å². The third-order valence-electron chi connectivity index (χ3n) is 1.65. The highest BCUT2D eigenvalue weighted by Gasteiger charge is 2.09. The quantitative estimate of drug-likeness (QED) is 0.810. The molecule has 0 aliphatic heterocycles. The van der Waals surface area contributed by atoms with E-state index in [2.05, 4.69) is 9.47 Å². The van der Waals surface area contributed by atoms with Crippen molar-refractivity contribution in [1.29, 1.82) is 0 Å². The predicted molar refractivity (Wildman–Crippen MR) is 48.2 cm³/mol. The molecule has 0 atom stereocenters. The van der Waals surface area contributed by atoms with Crippen LogP contribution in [0, 0.1) is 0 Å². The van der Waals surface area contributed by atoms with Crippen molar-refractivity contribution in [2.75, 3.05) is 13.7 Å². The van der Waals surface area contributed by atoms with Gasteiger partial charge in [-0.3, -0.25) is 4.79 Å². The van der Waals surface area contributed by atoms with Crippen LogP contribution in [-0.2, 0) is 0 Å². The van der Waals surface area contributed by atoms with Crippen LogP contribution in [0.5, 0.6) is 11.5 Å². The summed E-state index contributed by atoms with van der Waals surface area (Å²) < 4.78 is 32.9. The van der Waals surface area contributed by atoms with E-state index < -0.39 is 19.6 Å². The van der Waals surface area contributed by atoms with Crippen LogP contribution in [0.15, 0.2) is 18.2 Å². The van der Waals surface area contributed by atoms with Crippen molar-refractivity contribution in [3.63, 3.8) is 0 Å². The molecule has 0 unspecified atom stereocenters. The molecule has 0 spiro atoms. The highest BCUT2D eigenvalue weighted by molar-refractivity contribution is 5.93. The molecule has 0 radical (unpaired) electrons. The van der Waals surface area contributed by atoms with Crippen molar-refractivity contribution in [2.24, 2.45) is 5.73 Å². The first-order valence-corrected chi connectivity index (χ1v) is 4.00. The van der Waals surface area contributed by atoms with Gasteiger partial charge in [-0.1, -0.05) is 0 Å². The molecule has 4 nitrogen and oxygen atoms in total. The highest BCUT2D eigenvalue weighted by Crippen LogP contribution is 2.28. The number of hydrogen-bond donors (Lipinski definition) is 1. The summed E-state index contributed by atoms with van der Waals surface area (Å²) in [6.07, 6.45) is 0. The van der Waals surface area contributed by atoms with E-state index in [1.165, 1.54) is 18.2 Å². The fraction of sp³-hybridized carbons (Fsp3) is 0.222. The molecule has 0 aromatic heterocycles. The van der Waals surface area contributed by atoms with E-state index in [1.54, 1.807) is 0 Å². The molecule has 0 saturated heterocycles. The molecular weight excluding hydrogens is 208 g/mol. The van der Waals surface area contributed by atoms with E-state index in [-0.39, 0.29) is 17.1 Å². The van der Waals surface area contributed by atoms with Crippen LogP contribution in [0.2, 0.25) is 0 Å². The number of hydrogen-bond acceptors (Lipinski definition) is 3. The van der Waals surface area contributed by atoms with E-state index in [1.807, 2.05) is 0 Å². The summed E-state index contributed by atoms with van der Waals surface area (Å²) in [5.74, 6) is -0.739. The van der Waals surface area contributed by atoms with Gasteiger partial charge in [-0.25, -0.2) is 8.78 Å². The second-order valence-electron chi connectivity index (χ2n) is 2.53. The van der Waals surface area contributed by atoms with Crippen LogP contribution in [0.3, 0.4) is 0 Å². The monoisotopic (exact) mass is 217 g/mol. The molecule has 0 saturated carbocycles. The third-order valence-corrected chi connectivity index (χ3v) is 1.65. The Morgan fingerprint density at radius 2 is 1.80 bits per heavy atom. The average molecular weight is 217 g/mol.